The summed E-state index contributed by atoms with van der Waals surface area (Å²) < 4.78 is 27.0. The van der Waals surface area contributed by atoms with Gasteiger partial charge >= 0.3 is 0 Å². The Morgan fingerprint density at radius 3 is 2.95 bits per heavy atom. The van der Waals surface area contributed by atoms with Crippen molar-refractivity contribution in [1.82, 2.24) is 4.31 Å². The van der Waals surface area contributed by atoms with Crippen molar-refractivity contribution in [1.29, 1.82) is 0 Å². The maximum atomic E-state index is 12.7. The minimum absolute atomic E-state index is 0.124. The van der Waals surface area contributed by atoms with Crippen LogP contribution in [0.1, 0.15) is 31.7 Å². The molecular weight excluding hydrogens is 272 g/mol. The fourth-order valence-electron chi connectivity index (χ4n) is 2.56. The van der Waals surface area contributed by atoms with Crippen LogP contribution in [0.3, 0.4) is 0 Å². The van der Waals surface area contributed by atoms with E-state index in [2.05, 4.69) is 11.8 Å². The van der Waals surface area contributed by atoms with Gasteiger partial charge in [0.2, 0.25) is 10.0 Å². The molecule has 1 aliphatic heterocycles. The normalized spacial score (nSPS) is 19.6. The van der Waals surface area contributed by atoms with Gasteiger partial charge in [-0.1, -0.05) is 24.8 Å². The molecule has 1 aromatic rings. The van der Waals surface area contributed by atoms with Gasteiger partial charge in [-0.15, -0.1) is 0 Å². The Labute approximate surface area is 121 Å². The second-order valence-corrected chi connectivity index (χ2v) is 6.74. The molecule has 20 heavy (non-hydrogen) atoms. The monoisotopic (exact) mass is 292 g/mol. The SMILES string of the molecule is CCC1CCCN1S(=O)(=O)c1cccc(C#CCN)c1. The molecule has 1 atom stereocenters. The Bertz CT molecular complexity index is 629. The predicted molar refractivity (Wildman–Crippen MR) is 79.6 cm³/mol. The van der Waals surface area contributed by atoms with Crippen LogP contribution >= 0.6 is 0 Å². The van der Waals surface area contributed by atoms with Crippen LogP contribution in [0.15, 0.2) is 29.2 Å². The van der Waals surface area contributed by atoms with Crippen LogP contribution in [0.5, 0.6) is 0 Å². The second-order valence-electron chi connectivity index (χ2n) is 4.85. The van der Waals surface area contributed by atoms with E-state index in [0.29, 0.717) is 17.0 Å². The van der Waals surface area contributed by atoms with E-state index in [9.17, 15) is 8.42 Å². The molecule has 2 rings (SSSR count). The number of hydrogen-bond donors (Lipinski definition) is 1. The predicted octanol–water partition coefficient (Wildman–Crippen LogP) is 1.56. The van der Waals surface area contributed by atoms with Gasteiger partial charge in [0.25, 0.3) is 0 Å². The average Bonchev–Trinajstić information content (AvgIpc) is 2.94. The topological polar surface area (TPSA) is 63.4 Å². The lowest BCUT2D eigenvalue weighted by molar-refractivity contribution is 0.379. The van der Waals surface area contributed by atoms with Crippen LogP contribution in [-0.4, -0.2) is 31.9 Å². The van der Waals surface area contributed by atoms with Crippen molar-refractivity contribution in [3.8, 4) is 11.8 Å². The highest BCUT2D eigenvalue weighted by molar-refractivity contribution is 7.89. The van der Waals surface area contributed by atoms with Crippen LogP contribution in [0.2, 0.25) is 0 Å². The molecule has 0 aliphatic carbocycles. The molecule has 1 aliphatic rings. The van der Waals surface area contributed by atoms with Crippen LogP contribution in [0, 0.1) is 11.8 Å². The lowest BCUT2D eigenvalue weighted by Gasteiger charge is -2.23. The third kappa shape index (κ3) is 3.04. The molecule has 0 saturated carbocycles. The summed E-state index contributed by atoms with van der Waals surface area (Å²) in [5, 5.41) is 0. The van der Waals surface area contributed by atoms with Gasteiger partial charge < -0.3 is 5.73 Å². The molecular formula is C15H20N2O2S. The summed E-state index contributed by atoms with van der Waals surface area (Å²) in [5.74, 6) is 5.62. The molecule has 5 heteroatoms. The smallest absolute Gasteiger partial charge is 0.243 e. The zero-order valence-corrected chi connectivity index (χ0v) is 12.5. The summed E-state index contributed by atoms with van der Waals surface area (Å²) >= 11 is 0. The summed E-state index contributed by atoms with van der Waals surface area (Å²) in [5.41, 5.74) is 6.02. The van der Waals surface area contributed by atoms with Crippen LogP contribution < -0.4 is 5.73 Å². The van der Waals surface area contributed by atoms with Gasteiger partial charge in [-0.05, 0) is 37.5 Å². The highest BCUT2D eigenvalue weighted by Gasteiger charge is 2.34. The third-order valence-electron chi connectivity index (χ3n) is 3.57. The molecule has 0 bridgehead atoms. The van der Waals surface area contributed by atoms with Gasteiger partial charge in [-0.25, -0.2) is 8.42 Å². The molecule has 0 radical (unpaired) electrons. The Kier molecular flexibility index (Phi) is 4.81. The zero-order chi connectivity index (χ0) is 14.6. The van der Waals surface area contributed by atoms with Gasteiger partial charge in [-0.3, -0.25) is 0 Å². The number of rotatable bonds is 3. The largest absolute Gasteiger partial charge is 0.320 e. The number of nitrogens with zero attached hydrogens (tertiary/aromatic N) is 1. The summed E-state index contributed by atoms with van der Waals surface area (Å²) in [6, 6.07) is 6.91. The lowest BCUT2D eigenvalue weighted by Crippen LogP contribution is -2.35. The molecule has 1 heterocycles. The van der Waals surface area contributed by atoms with Crippen LogP contribution in [-0.2, 0) is 10.0 Å². The van der Waals surface area contributed by atoms with E-state index in [4.69, 9.17) is 5.73 Å². The molecule has 0 spiro atoms. The highest BCUT2D eigenvalue weighted by Crippen LogP contribution is 2.27. The van der Waals surface area contributed by atoms with Gasteiger partial charge in [0.15, 0.2) is 0 Å². The quantitative estimate of drug-likeness (QED) is 0.860. The first-order chi connectivity index (χ1) is 9.59. The van der Waals surface area contributed by atoms with E-state index < -0.39 is 10.0 Å². The summed E-state index contributed by atoms with van der Waals surface area (Å²) in [4.78, 5) is 0.321. The standard InChI is InChI=1S/C15H20N2O2S/c1-2-14-8-5-11-17(14)20(18,19)15-9-3-6-13(12-15)7-4-10-16/h3,6,9,12,14H,2,5,8,10-11,16H2,1H3. The minimum Gasteiger partial charge on any atom is -0.320 e. The first-order valence-corrected chi connectivity index (χ1v) is 8.34. The van der Waals surface area contributed by atoms with Crippen molar-refractivity contribution in [2.75, 3.05) is 13.1 Å². The second kappa shape index (κ2) is 6.40. The molecule has 1 saturated heterocycles. The van der Waals surface area contributed by atoms with Crippen molar-refractivity contribution >= 4 is 10.0 Å². The molecule has 108 valence electrons. The van der Waals surface area contributed by atoms with E-state index >= 15 is 0 Å². The summed E-state index contributed by atoms with van der Waals surface area (Å²) in [6.07, 6.45) is 2.73. The highest BCUT2D eigenvalue weighted by atomic mass is 32.2. The molecule has 1 fully saturated rings. The van der Waals surface area contributed by atoms with E-state index in [1.54, 1.807) is 28.6 Å². The third-order valence-corrected chi connectivity index (χ3v) is 5.52. The van der Waals surface area contributed by atoms with Crippen molar-refractivity contribution in [2.45, 2.75) is 37.1 Å². The lowest BCUT2D eigenvalue weighted by atomic mass is 10.2. The number of sulfonamides is 1. The summed E-state index contributed by atoms with van der Waals surface area (Å²) in [6.45, 7) is 2.90. The Morgan fingerprint density at radius 1 is 1.45 bits per heavy atom. The van der Waals surface area contributed by atoms with E-state index in [-0.39, 0.29) is 12.6 Å². The zero-order valence-electron chi connectivity index (χ0n) is 11.7. The van der Waals surface area contributed by atoms with E-state index in [1.807, 2.05) is 6.92 Å². The molecule has 1 aromatic carbocycles. The molecule has 2 N–H and O–H groups in total. The molecule has 4 nitrogen and oxygen atoms in total. The van der Waals surface area contributed by atoms with Crippen molar-refractivity contribution in [2.24, 2.45) is 5.73 Å². The number of hydrogen-bond acceptors (Lipinski definition) is 3. The van der Waals surface area contributed by atoms with Gasteiger partial charge in [0.1, 0.15) is 0 Å². The fourth-order valence-corrected chi connectivity index (χ4v) is 4.37. The molecule has 0 amide bonds. The Hall–Kier alpha value is -1.35. The number of nitrogens with two attached hydrogens (primary N) is 1. The van der Waals surface area contributed by atoms with Gasteiger partial charge in [-0.2, -0.15) is 4.31 Å². The number of benzene rings is 1. The maximum absolute atomic E-state index is 12.7. The van der Waals surface area contributed by atoms with Crippen molar-refractivity contribution < 1.29 is 8.42 Å². The van der Waals surface area contributed by atoms with Crippen molar-refractivity contribution in [3.05, 3.63) is 29.8 Å². The molecule has 0 aromatic heterocycles. The first-order valence-electron chi connectivity index (χ1n) is 6.90. The maximum Gasteiger partial charge on any atom is 0.243 e. The van der Waals surface area contributed by atoms with Crippen molar-refractivity contribution in [3.63, 3.8) is 0 Å². The molecule has 1 unspecified atom stereocenters. The fraction of sp³-hybridized carbons (Fsp3) is 0.467. The first kappa shape index (κ1) is 15.0. The van der Waals surface area contributed by atoms with Crippen LogP contribution in [0.25, 0.3) is 0 Å². The van der Waals surface area contributed by atoms with Gasteiger partial charge in [0.05, 0.1) is 11.4 Å². The minimum atomic E-state index is -3.41. The average molecular weight is 292 g/mol. The van der Waals surface area contributed by atoms with Crippen LogP contribution in [0.4, 0.5) is 0 Å². The van der Waals surface area contributed by atoms with E-state index in [0.717, 1.165) is 19.3 Å². The van der Waals surface area contributed by atoms with Gasteiger partial charge in [0, 0.05) is 18.2 Å². The van der Waals surface area contributed by atoms with E-state index in [1.165, 1.54) is 0 Å². The summed E-state index contributed by atoms with van der Waals surface area (Å²) in [7, 11) is -3.41. The Balaban J connectivity index is 2.34. The Morgan fingerprint density at radius 2 is 2.25 bits per heavy atom.